The minimum absolute atomic E-state index is 0.0723. The van der Waals surface area contributed by atoms with Crippen LogP contribution in [0.25, 0.3) is 0 Å². The number of benzene rings is 3. The van der Waals surface area contributed by atoms with Crippen molar-refractivity contribution < 1.29 is 26.4 Å². The van der Waals surface area contributed by atoms with Gasteiger partial charge in [-0.1, -0.05) is 35.9 Å². The number of nitrogens with one attached hydrogen (secondary N) is 1. The summed E-state index contributed by atoms with van der Waals surface area (Å²) in [5, 5.41) is 4.22. The smallest absolute Gasteiger partial charge is 0.267 e. The third kappa shape index (κ3) is 6.82. The van der Waals surface area contributed by atoms with Gasteiger partial charge in [0.15, 0.2) is 0 Å². The number of carbonyl (C=O) groups excluding carboxylic acids is 1. The lowest BCUT2D eigenvalue weighted by molar-refractivity contribution is -0.137. The number of hydrazone groups is 1. The first-order valence-electron chi connectivity index (χ1n) is 9.76. The second kappa shape index (κ2) is 10.3. The Balaban J connectivity index is 1.70. The predicted octanol–water partition coefficient (Wildman–Crippen LogP) is 5.09. The molecule has 1 amide bonds. The van der Waals surface area contributed by atoms with Crippen LogP contribution in [0.2, 0.25) is 5.02 Å². The van der Waals surface area contributed by atoms with Crippen LogP contribution in [0, 0.1) is 0 Å². The van der Waals surface area contributed by atoms with Gasteiger partial charge in [0.05, 0.1) is 30.3 Å². The molecule has 0 saturated carbocycles. The minimum atomic E-state index is -4.48. The highest BCUT2D eigenvalue weighted by Gasteiger charge is 2.30. The van der Waals surface area contributed by atoms with Gasteiger partial charge < -0.3 is 0 Å². The maximum Gasteiger partial charge on any atom is 0.416 e. The van der Waals surface area contributed by atoms with Gasteiger partial charge >= 0.3 is 6.18 Å². The van der Waals surface area contributed by atoms with Gasteiger partial charge in [0.25, 0.3) is 5.91 Å². The van der Waals surface area contributed by atoms with E-state index in [0.717, 1.165) is 30.2 Å². The van der Waals surface area contributed by atoms with E-state index in [1.807, 2.05) is 0 Å². The molecule has 3 aromatic carbocycles. The lowest BCUT2D eigenvalue weighted by Gasteiger charge is -2.22. The van der Waals surface area contributed by atoms with Crippen LogP contribution in [0.3, 0.4) is 0 Å². The average molecular weight is 510 g/mol. The maximum absolute atomic E-state index is 12.8. The van der Waals surface area contributed by atoms with Crippen LogP contribution in [0.1, 0.15) is 27.0 Å². The van der Waals surface area contributed by atoms with E-state index >= 15 is 0 Å². The molecular formula is C23H19ClF3N3O3S. The van der Waals surface area contributed by atoms with Gasteiger partial charge in [0.1, 0.15) is 0 Å². The van der Waals surface area contributed by atoms with Gasteiger partial charge in [0, 0.05) is 10.6 Å². The Bertz CT molecular complexity index is 1290. The summed E-state index contributed by atoms with van der Waals surface area (Å²) in [6, 6.07) is 17.0. The van der Waals surface area contributed by atoms with Crippen LogP contribution in [0.5, 0.6) is 0 Å². The number of amides is 1. The standard InChI is InChI=1S/C23H19ClF3N3O3S/c1-34(32,33)30(15-16-5-9-20(24)10-6-16)21-11-7-18(8-12-21)22(31)29-28-14-17-3-2-4-19(13-17)23(25,26)27/h2-14H,15H2,1H3,(H,29,31)/b28-14-. The monoisotopic (exact) mass is 509 g/mol. The largest absolute Gasteiger partial charge is 0.416 e. The first-order valence-corrected chi connectivity index (χ1v) is 12.0. The molecule has 0 heterocycles. The Morgan fingerprint density at radius 2 is 1.71 bits per heavy atom. The highest BCUT2D eigenvalue weighted by molar-refractivity contribution is 7.92. The second-order valence-corrected chi connectivity index (χ2v) is 9.61. The Morgan fingerprint density at radius 3 is 2.29 bits per heavy atom. The number of hydrogen-bond donors (Lipinski definition) is 1. The summed E-state index contributed by atoms with van der Waals surface area (Å²) in [5.74, 6) is -0.613. The van der Waals surface area contributed by atoms with Crippen molar-refractivity contribution in [2.24, 2.45) is 5.10 Å². The van der Waals surface area contributed by atoms with Crippen molar-refractivity contribution in [3.05, 3.63) is 100 Å². The Labute approximate surface area is 199 Å². The molecule has 0 fully saturated rings. The summed E-state index contributed by atoms with van der Waals surface area (Å²) >= 11 is 5.87. The van der Waals surface area contributed by atoms with Crippen molar-refractivity contribution in [2.45, 2.75) is 12.7 Å². The minimum Gasteiger partial charge on any atom is -0.267 e. The van der Waals surface area contributed by atoms with E-state index < -0.39 is 27.7 Å². The quantitative estimate of drug-likeness (QED) is 0.356. The molecular weight excluding hydrogens is 491 g/mol. The fourth-order valence-electron chi connectivity index (χ4n) is 2.96. The topological polar surface area (TPSA) is 78.8 Å². The lowest BCUT2D eigenvalue weighted by Crippen LogP contribution is -2.29. The van der Waals surface area contributed by atoms with Gasteiger partial charge in [0.2, 0.25) is 10.0 Å². The van der Waals surface area contributed by atoms with Gasteiger partial charge in [-0.2, -0.15) is 18.3 Å². The summed E-state index contributed by atoms with van der Waals surface area (Å²) < 4.78 is 64.2. The summed E-state index contributed by atoms with van der Waals surface area (Å²) in [4.78, 5) is 12.3. The molecule has 3 aromatic rings. The van der Waals surface area contributed by atoms with Crippen LogP contribution >= 0.6 is 11.6 Å². The fraction of sp³-hybridized carbons (Fsp3) is 0.130. The van der Waals surface area contributed by atoms with E-state index in [4.69, 9.17) is 11.6 Å². The van der Waals surface area contributed by atoms with Gasteiger partial charge in [-0.25, -0.2) is 13.8 Å². The molecule has 11 heteroatoms. The number of halogens is 4. The van der Waals surface area contributed by atoms with Crippen molar-refractivity contribution >= 4 is 39.4 Å². The molecule has 0 spiro atoms. The molecule has 0 aliphatic rings. The zero-order chi connectivity index (χ0) is 24.9. The molecule has 0 aliphatic heterocycles. The number of hydrogen-bond acceptors (Lipinski definition) is 4. The van der Waals surface area contributed by atoms with E-state index in [0.29, 0.717) is 10.7 Å². The molecule has 0 aromatic heterocycles. The number of carbonyl (C=O) groups is 1. The molecule has 0 bridgehead atoms. The van der Waals surface area contributed by atoms with Gasteiger partial charge in [-0.3, -0.25) is 9.10 Å². The van der Waals surface area contributed by atoms with E-state index in [1.165, 1.54) is 40.7 Å². The molecule has 0 saturated heterocycles. The number of rotatable bonds is 7. The Hall–Kier alpha value is -3.37. The van der Waals surface area contributed by atoms with Crippen LogP contribution in [-0.4, -0.2) is 26.8 Å². The summed E-state index contributed by atoms with van der Waals surface area (Å²) in [6.07, 6.45) is -2.31. The number of anilines is 1. The summed E-state index contributed by atoms with van der Waals surface area (Å²) in [6.45, 7) is 0.0723. The molecule has 6 nitrogen and oxygen atoms in total. The van der Waals surface area contributed by atoms with Crippen LogP contribution in [-0.2, 0) is 22.7 Å². The zero-order valence-corrected chi connectivity index (χ0v) is 19.3. The Morgan fingerprint density at radius 1 is 1.06 bits per heavy atom. The van der Waals surface area contributed by atoms with Gasteiger partial charge in [-0.05, 0) is 59.7 Å². The van der Waals surface area contributed by atoms with Crippen molar-refractivity contribution in [3.63, 3.8) is 0 Å². The molecule has 0 radical (unpaired) electrons. The molecule has 1 N–H and O–H groups in total. The molecule has 0 aliphatic carbocycles. The third-order valence-corrected chi connectivity index (χ3v) is 6.04. The van der Waals surface area contributed by atoms with Crippen LogP contribution in [0.15, 0.2) is 77.9 Å². The number of alkyl halides is 3. The first kappa shape index (κ1) is 25.3. The normalized spacial score (nSPS) is 12.0. The molecule has 3 rings (SSSR count). The maximum atomic E-state index is 12.8. The molecule has 178 valence electrons. The number of nitrogens with zero attached hydrogens (tertiary/aromatic N) is 2. The summed E-state index contributed by atoms with van der Waals surface area (Å²) in [5.41, 5.74) is 2.83. The van der Waals surface area contributed by atoms with E-state index in [1.54, 1.807) is 24.3 Å². The van der Waals surface area contributed by atoms with Crippen molar-refractivity contribution in [2.75, 3.05) is 10.6 Å². The van der Waals surface area contributed by atoms with Crippen molar-refractivity contribution in [3.8, 4) is 0 Å². The van der Waals surface area contributed by atoms with Gasteiger partial charge in [-0.15, -0.1) is 0 Å². The van der Waals surface area contributed by atoms with Crippen LogP contribution < -0.4 is 9.73 Å². The fourth-order valence-corrected chi connectivity index (χ4v) is 3.97. The average Bonchev–Trinajstić information content (AvgIpc) is 2.77. The highest BCUT2D eigenvalue weighted by Crippen LogP contribution is 2.29. The third-order valence-electron chi connectivity index (χ3n) is 4.65. The first-order chi connectivity index (χ1) is 15.9. The molecule has 34 heavy (non-hydrogen) atoms. The summed E-state index contributed by atoms with van der Waals surface area (Å²) in [7, 11) is -3.62. The molecule has 0 atom stereocenters. The van der Waals surface area contributed by atoms with E-state index in [2.05, 4.69) is 10.5 Å². The SMILES string of the molecule is CS(=O)(=O)N(Cc1ccc(Cl)cc1)c1ccc(C(=O)N/N=C\c2cccc(C(F)(F)F)c2)cc1. The number of sulfonamides is 1. The second-order valence-electron chi connectivity index (χ2n) is 7.27. The highest BCUT2D eigenvalue weighted by atomic mass is 35.5. The van der Waals surface area contributed by atoms with E-state index in [9.17, 15) is 26.4 Å². The van der Waals surface area contributed by atoms with E-state index in [-0.39, 0.29) is 17.7 Å². The Kier molecular flexibility index (Phi) is 7.63. The lowest BCUT2D eigenvalue weighted by atomic mass is 10.1. The predicted molar refractivity (Wildman–Crippen MR) is 125 cm³/mol. The van der Waals surface area contributed by atoms with Crippen molar-refractivity contribution in [1.29, 1.82) is 0 Å². The zero-order valence-electron chi connectivity index (χ0n) is 17.8. The van der Waals surface area contributed by atoms with Crippen molar-refractivity contribution in [1.82, 2.24) is 5.43 Å². The van der Waals surface area contributed by atoms with Crippen LogP contribution in [0.4, 0.5) is 18.9 Å². The molecule has 0 unspecified atom stereocenters.